The van der Waals surface area contributed by atoms with Crippen LogP contribution in [0.2, 0.25) is 0 Å². The smallest absolute Gasteiger partial charge is 0.391 e. The molecular formula is C32H33LiN2O4-2. The predicted octanol–water partition coefficient (Wildman–Crippen LogP) is 2.41. The number of rotatable bonds is 11. The second-order valence-corrected chi connectivity index (χ2v) is 9.30. The number of hydrogen-bond donors (Lipinski definition) is 0. The third-order valence-corrected chi connectivity index (χ3v) is 6.33. The first kappa shape index (κ1) is 31.8. The number of hydrogen-bond acceptors (Lipinski definition) is 5. The van der Waals surface area contributed by atoms with Gasteiger partial charge in [0.15, 0.2) is 0 Å². The molecule has 0 aromatic heterocycles. The number of amides is 2. The molecule has 0 unspecified atom stereocenters. The van der Waals surface area contributed by atoms with Gasteiger partial charge in [-0.1, -0.05) is 24.6 Å². The minimum Gasteiger partial charge on any atom is -0.391 e. The Kier molecular flexibility index (Phi) is 12.9. The standard InChI is InChI=1S/C24H29N2O2.C8H4O2.Li/c1-4-5-12-25(20-16-18(2)15-19(3)17-20)13-8-9-14-26-23(27)21-10-6-7-11-22(21)24(26)28;9-5-7-3-1-2-4-8(7)6-10;/h6-7,10-11,15-17H,1,4-5,8-9,12-14H2,2-3H3;1-4H;/q-1;-2;+1. The normalized spacial score (nSPS) is 11.7. The van der Waals surface area contributed by atoms with Crippen molar-refractivity contribution < 1.29 is 38.0 Å². The fourth-order valence-corrected chi connectivity index (χ4v) is 4.48. The molecular weight excluding hydrogens is 483 g/mol. The van der Waals surface area contributed by atoms with Gasteiger partial charge >= 0.3 is 18.9 Å². The summed E-state index contributed by atoms with van der Waals surface area (Å²) in [5, 5.41) is 0. The van der Waals surface area contributed by atoms with Crippen LogP contribution in [0.15, 0.2) is 66.7 Å². The number of unbranched alkanes of at least 4 members (excludes halogenated alkanes) is 2. The largest absolute Gasteiger partial charge is 1.00 e. The maximum atomic E-state index is 12.5. The van der Waals surface area contributed by atoms with E-state index in [2.05, 4.69) is 43.9 Å². The summed E-state index contributed by atoms with van der Waals surface area (Å²) in [5.74, 6) is -0.326. The van der Waals surface area contributed by atoms with E-state index < -0.39 is 0 Å². The Labute approximate surface area is 243 Å². The molecule has 1 heterocycles. The molecule has 1 aliphatic rings. The molecule has 0 aliphatic carbocycles. The Morgan fingerprint density at radius 1 is 0.744 bits per heavy atom. The van der Waals surface area contributed by atoms with Gasteiger partial charge in [0.1, 0.15) is 0 Å². The van der Waals surface area contributed by atoms with Crippen molar-refractivity contribution in [2.24, 2.45) is 0 Å². The van der Waals surface area contributed by atoms with Crippen LogP contribution < -0.4 is 23.8 Å². The Balaban J connectivity index is 0.000000410. The van der Waals surface area contributed by atoms with E-state index in [1.807, 2.05) is 0 Å². The molecule has 198 valence electrons. The number of carbonyl (C=O) groups excluding carboxylic acids is 4. The van der Waals surface area contributed by atoms with Crippen LogP contribution in [0.1, 0.15) is 68.7 Å². The minimum absolute atomic E-state index is 0. The van der Waals surface area contributed by atoms with E-state index in [0.29, 0.717) is 17.7 Å². The van der Waals surface area contributed by atoms with Gasteiger partial charge in [-0.05, 0) is 74.7 Å². The van der Waals surface area contributed by atoms with Crippen LogP contribution in [-0.4, -0.2) is 48.9 Å². The molecule has 0 saturated heterocycles. The molecule has 0 fully saturated rings. The Bertz CT molecular complexity index is 1210. The number of benzene rings is 3. The fraction of sp³-hybridized carbons (Fsp3) is 0.281. The van der Waals surface area contributed by atoms with Crippen LogP contribution in [0.4, 0.5) is 5.69 Å². The maximum Gasteiger partial charge on any atom is 1.00 e. The van der Waals surface area contributed by atoms with Crippen molar-refractivity contribution in [1.29, 1.82) is 0 Å². The number of carbonyl (C=O) groups is 2. The van der Waals surface area contributed by atoms with Gasteiger partial charge in [-0.15, -0.1) is 12.1 Å². The van der Waals surface area contributed by atoms with Gasteiger partial charge in [-0.25, -0.2) is 12.1 Å². The van der Waals surface area contributed by atoms with E-state index in [9.17, 15) is 19.2 Å². The third kappa shape index (κ3) is 8.51. The van der Waals surface area contributed by atoms with Crippen molar-refractivity contribution >= 4 is 30.1 Å². The van der Waals surface area contributed by atoms with E-state index in [0.717, 1.165) is 38.8 Å². The summed E-state index contributed by atoms with van der Waals surface area (Å²) in [5.41, 5.74) is 5.35. The first-order chi connectivity index (χ1) is 18.4. The number of fused-ring (bicyclic) bond motifs is 1. The van der Waals surface area contributed by atoms with Crippen LogP contribution in [0.25, 0.3) is 0 Å². The van der Waals surface area contributed by atoms with Gasteiger partial charge in [-0.3, -0.25) is 25.6 Å². The third-order valence-electron chi connectivity index (χ3n) is 6.33. The second kappa shape index (κ2) is 15.8. The van der Waals surface area contributed by atoms with Gasteiger partial charge in [0.25, 0.3) is 11.8 Å². The van der Waals surface area contributed by atoms with Gasteiger partial charge in [0.05, 0.1) is 11.1 Å². The van der Waals surface area contributed by atoms with Crippen molar-refractivity contribution in [1.82, 2.24) is 4.90 Å². The summed E-state index contributed by atoms with van der Waals surface area (Å²) < 4.78 is 0. The van der Waals surface area contributed by atoms with E-state index in [4.69, 9.17) is 0 Å². The summed E-state index contributed by atoms with van der Waals surface area (Å²) >= 11 is 0. The molecule has 4 rings (SSSR count). The van der Waals surface area contributed by atoms with Crippen molar-refractivity contribution in [3.8, 4) is 0 Å². The van der Waals surface area contributed by atoms with Crippen LogP contribution in [0, 0.1) is 20.8 Å². The van der Waals surface area contributed by atoms with Gasteiger partial charge in [0, 0.05) is 25.3 Å². The second-order valence-electron chi connectivity index (χ2n) is 9.30. The van der Waals surface area contributed by atoms with Crippen LogP contribution in [0.5, 0.6) is 0 Å². The summed E-state index contributed by atoms with van der Waals surface area (Å²) in [6.07, 6.45) is 6.96. The average Bonchev–Trinajstić information content (AvgIpc) is 3.17. The molecule has 7 heteroatoms. The van der Waals surface area contributed by atoms with Crippen molar-refractivity contribution in [3.05, 3.63) is 107 Å². The van der Waals surface area contributed by atoms with Gasteiger partial charge in [-0.2, -0.15) is 6.42 Å². The summed E-state index contributed by atoms with van der Waals surface area (Å²) in [4.78, 5) is 48.9. The zero-order valence-corrected chi connectivity index (χ0v) is 23.0. The first-order valence-electron chi connectivity index (χ1n) is 12.8. The molecule has 3 aromatic carbocycles. The Morgan fingerprint density at radius 3 is 1.72 bits per heavy atom. The predicted molar refractivity (Wildman–Crippen MR) is 150 cm³/mol. The Morgan fingerprint density at radius 2 is 1.23 bits per heavy atom. The molecule has 0 saturated carbocycles. The van der Waals surface area contributed by atoms with Gasteiger partial charge < -0.3 is 21.4 Å². The maximum absolute atomic E-state index is 12.5. The minimum atomic E-state index is -0.163. The van der Waals surface area contributed by atoms with Crippen LogP contribution in [0.3, 0.4) is 0 Å². The number of anilines is 1. The van der Waals surface area contributed by atoms with Crippen molar-refractivity contribution in [2.75, 3.05) is 24.5 Å². The van der Waals surface area contributed by atoms with E-state index >= 15 is 0 Å². The summed E-state index contributed by atoms with van der Waals surface area (Å²) in [6.45, 7) is 10.6. The van der Waals surface area contributed by atoms with Crippen LogP contribution >= 0.6 is 0 Å². The van der Waals surface area contributed by atoms with Crippen molar-refractivity contribution in [3.63, 3.8) is 0 Å². The molecule has 1 aliphatic heterocycles. The SMILES string of the molecule is O=[C-]c1ccccc1[C-]=O.[CH2-]CCCN(CCCCN1C(=O)c2ccccc2C1=O)c1cc(C)cc(C)c1.[Li+]. The van der Waals surface area contributed by atoms with Gasteiger partial charge in [0.2, 0.25) is 0 Å². The Hall–Kier alpha value is -3.46. The van der Waals surface area contributed by atoms with E-state index in [-0.39, 0.29) is 41.8 Å². The molecule has 0 N–H and O–H groups in total. The molecule has 3 aromatic rings. The molecule has 0 spiro atoms. The zero-order valence-electron chi connectivity index (χ0n) is 23.0. The van der Waals surface area contributed by atoms with E-state index in [1.165, 1.54) is 33.8 Å². The fourth-order valence-electron chi connectivity index (χ4n) is 4.48. The number of nitrogens with zero attached hydrogens (tertiary/aromatic N) is 2. The first-order valence-corrected chi connectivity index (χ1v) is 12.8. The zero-order chi connectivity index (χ0) is 27.5. The summed E-state index contributed by atoms with van der Waals surface area (Å²) in [6, 6.07) is 20.1. The van der Waals surface area contributed by atoms with Crippen molar-refractivity contribution in [2.45, 2.75) is 39.5 Å². The quantitative estimate of drug-likeness (QED) is 0.169. The molecule has 0 atom stereocenters. The molecule has 0 radical (unpaired) electrons. The average molecular weight is 517 g/mol. The van der Waals surface area contributed by atoms with E-state index in [1.54, 1.807) is 49.0 Å². The number of imide groups is 1. The topological polar surface area (TPSA) is 74.8 Å². The molecule has 39 heavy (non-hydrogen) atoms. The number of aryl methyl sites for hydroxylation is 2. The molecule has 2 amide bonds. The summed E-state index contributed by atoms with van der Waals surface area (Å²) in [7, 11) is 0. The molecule has 0 bridgehead atoms. The monoisotopic (exact) mass is 516 g/mol. The van der Waals surface area contributed by atoms with Crippen LogP contribution in [-0.2, 0) is 9.59 Å². The molecule has 6 nitrogen and oxygen atoms in total.